The van der Waals surface area contributed by atoms with Gasteiger partial charge in [0, 0.05) is 37.9 Å². The van der Waals surface area contributed by atoms with Crippen molar-refractivity contribution in [3.05, 3.63) is 84.7 Å². The third-order valence-electron chi connectivity index (χ3n) is 4.99. The fraction of sp³-hybridized carbons (Fsp3) is 0.238. The summed E-state index contributed by atoms with van der Waals surface area (Å²) in [6.45, 7) is 1.26. The molecule has 0 radical (unpaired) electrons. The molecule has 1 aliphatic rings. The normalized spacial score (nSPS) is 19.6. The lowest BCUT2D eigenvalue weighted by Crippen LogP contribution is -2.31. The molecule has 3 heterocycles. The average molecular weight is 360 g/mol. The second-order valence-electron chi connectivity index (χ2n) is 6.63. The quantitative estimate of drug-likeness (QED) is 0.634. The Morgan fingerprint density at radius 2 is 1.63 bits per heavy atom. The third kappa shape index (κ3) is 3.38. The first-order valence-electron chi connectivity index (χ1n) is 9.01. The molecule has 1 aliphatic heterocycles. The van der Waals surface area contributed by atoms with Gasteiger partial charge in [0.15, 0.2) is 0 Å². The van der Waals surface area contributed by atoms with Crippen molar-refractivity contribution in [3.63, 3.8) is 0 Å². The van der Waals surface area contributed by atoms with E-state index in [1.165, 1.54) is 0 Å². The molecule has 136 valence electrons. The van der Waals surface area contributed by atoms with E-state index < -0.39 is 11.8 Å². The monoisotopic (exact) mass is 360 g/mol. The summed E-state index contributed by atoms with van der Waals surface area (Å²) in [7, 11) is 0. The highest BCUT2D eigenvalue weighted by Crippen LogP contribution is 2.42. The van der Waals surface area contributed by atoms with Crippen molar-refractivity contribution >= 4 is 11.7 Å². The van der Waals surface area contributed by atoms with Crippen LogP contribution < -0.4 is 0 Å². The number of nitrogens with zero attached hydrogens (tertiary/aromatic N) is 4. The van der Waals surface area contributed by atoms with E-state index in [1.54, 1.807) is 29.8 Å². The predicted octanol–water partition coefficient (Wildman–Crippen LogP) is 2.60. The number of hydrogen-bond acceptors (Lipinski definition) is 4. The van der Waals surface area contributed by atoms with Crippen LogP contribution in [-0.4, -0.2) is 37.7 Å². The smallest absolute Gasteiger partial charge is 0.291 e. The SMILES string of the molecule is O=C1C(=O)N(CCCn2ccnc2)C(c2ccncc2)C1c1ccccc1. The molecule has 1 saturated heterocycles. The Morgan fingerprint density at radius 3 is 2.33 bits per heavy atom. The first kappa shape index (κ1) is 17.1. The van der Waals surface area contributed by atoms with Crippen molar-refractivity contribution in [2.45, 2.75) is 24.9 Å². The lowest BCUT2D eigenvalue weighted by atomic mass is 9.87. The van der Waals surface area contributed by atoms with Gasteiger partial charge in [0.1, 0.15) is 0 Å². The summed E-state index contributed by atoms with van der Waals surface area (Å²) in [4.78, 5) is 35.5. The Labute approximate surface area is 157 Å². The van der Waals surface area contributed by atoms with Crippen LogP contribution in [0.5, 0.6) is 0 Å². The summed E-state index contributed by atoms with van der Waals surface area (Å²) in [5.41, 5.74) is 1.80. The number of imidazole rings is 1. The Balaban J connectivity index is 1.63. The van der Waals surface area contributed by atoms with Crippen molar-refractivity contribution in [1.82, 2.24) is 19.4 Å². The molecule has 0 spiro atoms. The number of pyridine rings is 1. The zero-order valence-electron chi connectivity index (χ0n) is 14.8. The summed E-state index contributed by atoms with van der Waals surface area (Å²) in [5, 5.41) is 0. The number of rotatable bonds is 6. The number of hydrogen-bond donors (Lipinski definition) is 0. The zero-order chi connectivity index (χ0) is 18.6. The molecule has 1 aromatic carbocycles. The number of benzene rings is 1. The van der Waals surface area contributed by atoms with Gasteiger partial charge in [0.2, 0.25) is 5.78 Å². The fourth-order valence-corrected chi connectivity index (χ4v) is 3.73. The molecule has 3 aromatic rings. The van der Waals surface area contributed by atoms with Gasteiger partial charge in [-0.05, 0) is 29.7 Å². The van der Waals surface area contributed by atoms with E-state index >= 15 is 0 Å². The molecule has 4 rings (SSSR count). The molecule has 2 atom stereocenters. The molecule has 6 heteroatoms. The van der Waals surface area contributed by atoms with Crippen molar-refractivity contribution in [3.8, 4) is 0 Å². The highest BCUT2D eigenvalue weighted by molar-refractivity contribution is 6.40. The van der Waals surface area contributed by atoms with E-state index in [0.29, 0.717) is 6.54 Å². The summed E-state index contributed by atoms with van der Waals surface area (Å²) >= 11 is 0. The van der Waals surface area contributed by atoms with Crippen LogP contribution in [0.2, 0.25) is 0 Å². The summed E-state index contributed by atoms with van der Waals surface area (Å²) in [5.74, 6) is -1.24. The molecular formula is C21H20N4O2. The Hall–Kier alpha value is -3.28. The maximum absolute atomic E-state index is 12.9. The van der Waals surface area contributed by atoms with Gasteiger partial charge in [-0.25, -0.2) is 4.98 Å². The van der Waals surface area contributed by atoms with Crippen molar-refractivity contribution in [2.24, 2.45) is 0 Å². The van der Waals surface area contributed by atoms with Crippen molar-refractivity contribution in [2.75, 3.05) is 6.54 Å². The van der Waals surface area contributed by atoms with Crippen LogP contribution in [0.3, 0.4) is 0 Å². The Kier molecular flexibility index (Phi) is 4.78. The molecule has 2 unspecified atom stereocenters. The second-order valence-corrected chi connectivity index (χ2v) is 6.63. The van der Waals surface area contributed by atoms with Gasteiger partial charge in [-0.15, -0.1) is 0 Å². The number of carbonyl (C=O) groups excluding carboxylic acids is 2. The standard InChI is InChI=1S/C21H20N4O2/c26-20-18(16-5-2-1-3-6-16)19(17-7-9-22-10-8-17)25(21(20)27)13-4-12-24-14-11-23-15-24/h1-3,5-11,14-15,18-19H,4,12-13H2. The molecule has 0 saturated carbocycles. The lowest BCUT2D eigenvalue weighted by Gasteiger charge is -2.27. The summed E-state index contributed by atoms with van der Waals surface area (Å²) < 4.78 is 1.97. The predicted molar refractivity (Wildman–Crippen MR) is 99.7 cm³/mol. The van der Waals surface area contributed by atoms with Crippen molar-refractivity contribution < 1.29 is 9.59 Å². The van der Waals surface area contributed by atoms with Gasteiger partial charge in [0.05, 0.1) is 18.3 Å². The molecule has 0 bridgehead atoms. The number of likely N-dealkylation sites (tertiary alicyclic amines) is 1. The van der Waals surface area contributed by atoms with E-state index in [0.717, 1.165) is 24.1 Å². The van der Waals surface area contributed by atoms with E-state index in [1.807, 2.05) is 53.2 Å². The topological polar surface area (TPSA) is 68.1 Å². The third-order valence-corrected chi connectivity index (χ3v) is 4.99. The van der Waals surface area contributed by atoms with Gasteiger partial charge in [0.25, 0.3) is 5.91 Å². The maximum Gasteiger partial charge on any atom is 0.291 e. The number of amides is 1. The van der Waals surface area contributed by atoms with E-state index in [2.05, 4.69) is 9.97 Å². The minimum absolute atomic E-state index is 0.307. The summed E-state index contributed by atoms with van der Waals surface area (Å²) in [6.07, 6.45) is 9.53. The van der Waals surface area contributed by atoms with Crippen LogP contribution in [0, 0.1) is 0 Å². The first-order chi connectivity index (χ1) is 13.3. The summed E-state index contributed by atoms with van der Waals surface area (Å²) in [6, 6.07) is 13.0. The number of Topliss-reactive ketones (excluding diaryl/α,β-unsaturated/α-hetero) is 1. The van der Waals surface area contributed by atoms with Crippen molar-refractivity contribution in [1.29, 1.82) is 0 Å². The molecule has 2 aromatic heterocycles. The minimum atomic E-state index is -0.491. The molecule has 0 aliphatic carbocycles. The van der Waals surface area contributed by atoms with E-state index in [4.69, 9.17) is 0 Å². The molecule has 27 heavy (non-hydrogen) atoms. The highest BCUT2D eigenvalue weighted by atomic mass is 16.2. The van der Waals surface area contributed by atoms with E-state index in [9.17, 15) is 9.59 Å². The molecular weight excluding hydrogens is 340 g/mol. The lowest BCUT2D eigenvalue weighted by molar-refractivity contribution is -0.140. The minimum Gasteiger partial charge on any atom is -0.337 e. The van der Waals surface area contributed by atoms with Crippen LogP contribution in [0.4, 0.5) is 0 Å². The number of ketones is 1. The molecule has 6 nitrogen and oxygen atoms in total. The van der Waals surface area contributed by atoms with Crippen LogP contribution in [0.15, 0.2) is 73.6 Å². The van der Waals surface area contributed by atoms with Crippen LogP contribution in [0.25, 0.3) is 0 Å². The van der Waals surface area contributed by atoms with Gasteiger partial charge in [-0.1, -0.05) is 30.3 Å². The largest absolute Gasteiger partial charge is 0.337 e. The molecule has 1 amide bonds. The average Bonchev–Trinajstić information content (AvgIpc) is 3.31. The number of carbonyl (C=O) groups is 2. The highest BCUT2D eigenvalue weighted by Gasteiger charge is 2.48. The molecule has 1 fully saturated rings. The zero-order valence-corrected chi connectivity index (χ0v) is 14.8. The van der Waals surface area contributed by atoms with Gasteiger partial charge in [-0.3, -0.25) is 14.6 Å². The maximum atomic E-state index is 12.9. The second kappa shape index (κ2) is 7.53. The van der Waals surface area contributed by atoms with Crippen LogP contribution in [-0.2, 0) is 16.1 Å². The number of aryl methyl sites for hydroxylation is 1. The Bertz CT molecular complexity index is 910. The molecule has 0 N–H and O–H groups in total. The Morgan fingerprint density at radius 1 is 0.852 bits per heavy atom. The van der Waals surface area contributed by atoms with Crippen LogP contribution >= 0.6 is 0 Å². The van der Waals surface area contributed by atoms with Gasteiger partial charge in [-0.2, -0.15) is 0 Å². The van der Waals surface area contributed by atoms with Gasteiger partial charge < -0.3 is 9.47 Å². The fourth-order valence-electron chi connectivity index (χ4n) is 3.73. The van der Waals surface area contributed by atoms with E-state index in [-0.39, 0.29) is 11.8 Å². The van der Waals surface area contributed by atoms with Gasteiger partial charge >= 0.3 is 0 Å². The van der Waals surface area contributed by atoms with Crippen LogP contribution in [0.1, 0.15) is 29.5 Å². The first-order valence-corrected chi connectivity index (χ1v) is 9.01. The number of aromatic nitrogens is 3.